The Hall–Kier alpha value is -4.38. The van der Waals surface area contributed by atoms with Crippen molar-refractivity contribution < 1.29 is 52.2 Å². The number of carbonyl (C=O) groups excluding carboxylic acids is 3. The molecule has 3 atom stereocenters. The first-order valence-corrected chi connectivity index (χ1v) is 32.6. The predicted molar refractivity (Wildman–Crippen MR) is 334 cm³/mol. The summed E-state index contributed by atoms with van der Waals surface area (Å²) in [7, 11) is -4.79. The zero-order valence-electron chi connectivity index (χ0n) is 50.2. The number of hydrogen-bond donors (Lipinski definition) is 2. The molecule has 0 aromatic heterocycles. The Morgan fingerprint density at radius 2 is 0.675 bits per heavy atom. The Morgan fingerprint density at radius 3 is 1.11 bits per heavy atom. The molecule has 0 rings (SSSR count). The maximum Gasteiger partial charge on any atom is 0.472 e. The fraction of sp³-hybridized carbons (Fsp3) is 0.632. The Bertz CT molecular complexity index is 1850. The molecule has 0 amide bonds. The van der Waals surface area contributed by atoms with Gasteiger partial charge in [-0.3, -0.25) is 23.4 Å². The number of aliphatic hydroxyl groups excluding tert-OH is 1. The van der Waals surface area contributed by atoms with E-state index in [1.807, 2.05) is 12.2 Å². The van der Waals surface area contributed by atoms with E-state index >= 15 is 0 Å². The number of unbranched alkanes of at least 4 members (excludes halogenated alkanes) is 17. The Labute approximate surface area is 487 Å². The van der Waals surface area contributed by atoms with Crippen LogP contribution in [0.4, 0.5) is 0 Å². The number of carbonyl (C=O) groups is 3. The maximum absolute atomic E-state index is 12.9. The van der Waals surface area contributed by atoms with Gasteiger partial charge < -0.3 is 24.2 Å². The van der Waals surface area contributed by atoms with E-state index in [-0.39, 0.29) is 25.9 Å². The second kappa shape index (κ2) is 60.7. The molecule has 0 aromatic rings. The molecule has 0 spiro atoms. The lowest BCUT2D eigenvalue weighted by atomic mass is 10.1. The Kier molecular flexibility index (Phi) is 57.4. The van der Waals surface area contributed by atoms with Gasteiger partial charge in [0.15, 0.2) is 6.10 Å². The lowest BCUT2D eigenvalue weighted by molar-refractivity contribution is -0.161. The first kappa shape index (κ1) is 75.6. The van der Waals surface area contributed by atoms with Crippen LogP contribution in [0, 0.1) is 0 Å². The molecule has 3 unspecified atom stereocenters. The molecule has 0 bridgehead atoms. The average Bonchev–Trinajstić information content (AvgIpc) is 3.45. The summed E-state index contributed by atoms with van der Waals surface area (Å²) in [4.78, 5) is 48.7. The third-order valence-corrected chi connectivity index (χ3v) is 13.5. The highest BCUT2D eigenvalue weighted by Gasteiger charge is 2.28. The normalized spacial score (nSPS) is 14.2. The van der Waals surface area contributed by atoms with Crippen LogP contribution in [0.1, 0.15) is 239 Å². The molecule has 80 heavy (non-hydrogen) atoms. The van der Waals surface area contributed by atoms with Gasteiger partial charge in [-0.1, -0.05) is 231 Å². The third-order valence-electron chi connectivity index (χ3n) is 12.6. The highest BCUT2D eigenvalue weighted by atomic mass is 31.2. The van der Waals surface area contributed by atoms with Gasteiger partial charge in [-0.25, -0.2) is 4.57 Å². The minimum absolute atomic E-state index is 0.0323. The van der Waals surface area contributed by atoms with Crippen molar-refractivity contribution in [1.29, 1.82) is 0 Å². The molecule has 454 valence electrons. The molecule has 11 nitrogen and oxygen atoms in total. The minimum Gasteiger partial charge on any atom is -0.462 e. The van der Waals surface area contributed by atoms with Crippen LogP contribution in [0.15, 0.2) is 134 Å². The molecular weight excluding hydrogens is 1020 g/mol. The van der Waals surface area contributed by atoms with E-state index in [0.29, 0.717) is 25.7 Å². The van der Waals surface area contributed by atoms with Crippen molar-refractivity contribution in [2.75, 3.05) is 26.4 Å². The van der Waals surface area contributed by atoms with Crippen molar-refractivity contribution in [1.82, 2.24) is 0 Å². The van der Waals surface area contributed by atoms with Crippen LogP contribution in [-0.2, 0) is 42.2 Å². The Morgan fingerprint density at radius 1 is 0.362 bits per heavy atom. The van der Waals surface area contributed by atoms with Gasteiger partial charge in [0.25, 0.3) is 0 Å². The van der Waals surface area contributed by atoms with Gasteiger partial charge in [-0.2, -0.15) is 0 Å². The van der Waals surface area contributed by atoms with Crippen LogP contribution in [-0.4, -0.2) is 66.5 Å². The first-order valence-electron chi connectivity index (χ1n) is 31.1. The van der Waals surface area contributed by atoms with Crippen molar-refractivity contribution in [3.8, 4) is 0 Å². The maximum atomic E-state index is 12.9. The number of aliphatic hydroxyl groups is 1. The molecule has 0 heterocycles. The number of hydrogen-bond acceptors (Lipinski definition) is 10. The van der Waals surface area contributed by atoms with E-state index in [0.717, 1.165) is 89.9 Å². The molecule has 0 aromatic carbocycles. The molecule has 0 radical (unpaired) electrons. The number of phosphoric acid groups is 1. The third kappa shape index (κ3) is 58.3. The predicted octanol–water partition coefficient (Wildman–Crippen LogP) is 18.9. The van der Waals surface area contributed by atoms with E-state index in [1.54, 1.807) is 0 Å². The topological polar surface area (TPSA) is 155 Å². The first-order chi connectivity index (χ1) is 39.2. The van der Waals surface area contributed by atoms with Crippen molar-refractivity contribution in [3.05, 3.63) is 134 Å². The van der Waals surface area contributed by atoms with Crippen LogP contribution in [0.25, 0.3) is 0 Å². The van der Waals surface area contributed by atoms with Crippen molar-refractivity contribution in [2.24, 2.45) is 0 Å². The van der Waals surface area contributed by atoms with Gasteiger partial charge in [-0.15, -0.1) is 0 Å². The number of esters is 3. The van der Waals surface area contributed by atoms with Crippen LogP contribution < -0.4 is 0 Å². The van der Waals surface area contributed by atoms with Gasteiger partial charge in [0.1, 0.15) is 12.7 Å². The molecular formula is C68H111O11P. The summed E-state index contributed by atoms with van der Waals surface area (Å²) >= 11 is 0. The van der Waals surface area contributed by atoms with Crippen molar-refractivity contribution in [2.45, 2.75) is 251 Å². The summed E-state index contributed by atoms with van der Waals surface area (Å²) < 4.78 is 39.5. The SMILES string of the molecule is CC/C=C\C/C=C\C/C=C\C/C=C\C/C=C\C/C=C\CCC(=O)OC(COC(=O)CCCCCCCCCCC/C=C\CCCCCCCC)COP(=O)(O)OCC(CO)OC(=O)CCCC/C=C\C/C=C\C/C=C\C/C=C\CC. The number of allylic oxidation sites excluding steroid dienone is 22. The monoisotopic (exact) mass is 1130 g/mol. The van der Waals surface area contributed by atoms with E-state index in [1.165, 1.54) is 83.5 Å². The molecule has 0 aliphatic rings. The molecule has 0 aliphatic carbocycles. The summed E-state index contributed by atoms with van der Waals surface area (Å²) in [6, 6.07) is 0. The number of ether oxygens (including phenoxy) is 3. The number of rotatable bonds is 56. The molecule has 0 saturated heterocycles. The fourth-order valence-corrected chi connectivity index (χ4v) is 8.68. The van der Waals surface area contributed by atoms with Gasteiger partial charge in [0.05, 0.1) is 19.8 Å². The summed E-state index contributed by atoms with van der Waals surface area (Å²) in [5.41, 5.74) is 0. The van der Waals surface area contributed by atoms with Crippen LogP contribution in [0.5, 0.6) is 0 Å². The zero-order valence-corrected chi connectivity index (χ0v) is 51.1. The lowest BCUT2D eigenvalue weighted by Gasteiger charge is -2.21. The minimum atomic E-state index is -4.79. The number of phosphoric ester groups is 1. The summed E-state index contributed by atoms with van der Waals surface area (Å²) in [5, 5.41) is 9.83. The highest BCUT2D eigenvalue weighted by Crippen LogP contribution is 2.43. The van der Waals surface area contributed by atoms with Crippen LogP contribution in [0.3, 0.4) is 0 Å². The van der Waals surface area contributed by atoms with E-state index < -0.39 is 57.8 Å². The smallest absolute Gasteiger partial charge is 0.462 e. The van der Waals surface area contributed by atoms with Crippen molar-refractivity contribution in [3.63, 3.8) is 0 Å². The second-order valence-corrected chi connectivity index (χ2v) is 21.6. The van der Waals surface area contributed by atoms with E-state index in [2.05, 4.69) is 142 Å². The fourth-order valence-electron chi connectivity index (χ4n) is 7.90. The van der Waals surface area contributed by atoms with Gasteiger partial charge in [0.2, 0.25) is 0 Å². The Balaban J connectivity index is 4.87. The summed E-state index contributed by atoms with van der Waals surface area (Å²) in [6.07, 6.45) is 77.1. The lowest BCUT2D eigenvalue weighted by Crippen LogP contribution is -2.30. The summed E-state index contributed by atoms with van der Waals surface area (Å²) in [5.74, 6) is -1.62. The van der Waals surface area contributed by atoms with Gasteiger partial charge >= 0.3 is 25.7 Å². The van der Waals surface area contributed by atoms with Crippen LogP contribution in [0.2, 0.25) is 0 Å². The quantitative estimate of drug-likeness (QED) is 0.0197. The molecule has 0 aliphatic heterocycles. The van der Waals surface area contributed by atoms with Gasteiger partial charge in [0, 0.05) is 19.3 Å². The van der Waals surface area contributed by atoms with E-state index in [9.17, 15) is 28.9 Å². The summed E-state index contributed by atoms with van der Waals surface area (Å²) in [6.45, 7) is 4.28. The van der Waals surface area contributed by atoms with E-state index in [4.69, 9.17) is 23.3 Å². The van der Waals surface area contributed by atoms with Crippen molar-refractivity contribution >= 4 is 25.7 Å². The molecule has 12 heteroatoms. The molecule has 2 N–H and O–H groups in total. The highest BCUT2D eigenvalue weighted by molar-refractivity contribution is 7.47. The zero-order chi connectivity index (χ0) is 58.3. The van der Waals surface area contributed by atoms with Gasteiger partial charge in [-0.05, 0) is 122 Å². The second-order valence-electron chi connectivity index (χ2n) is 20.1. The standard InChI is InChI=1S/C68H111O11P/c1-4-7-10-13-16-19-22-25-28-30-32-34-37-39-42-45-48-51-54-57-66(70)75-61-65(79-68(72)59-56-53-50-47-44-41-38-35-33-31-29-26-23-20-17-14-11-8-5-2)63-77-80(73,74)76-62-64(60-69)78-67(71)58-55-52-49-46-43-40-36-27-24-21-18-15-12-9-6-3/h8-9,11-12,17-18,20-21,25-29,33,35-36,41,43-44,46,50,53,64-65,69H,4-7,10,13-16,19,22-24,30-32,34,37-40,42,45,47-49,51-52,54-63H2,1-3H3,(H,73,74)/b11-8-,12-9-,20-17-,21-18-,28-25-,29-26-,35-33-,36-27-,44-41-,46-43-,53-50-. The largest absolute Gasteiger partial charge is 0.472 e. The van der Waals surface area contributed by atoms with Crippen LogP contribution >= 0.6 is 7.82 Å². The average molecular weight is 1140 g/mol. The molecule has 0 fully saturated rings. The molecule has 0 saturated carbocycles.